The third-order valence-corrected chi connectivity index (χ3v) is 5.38. The first-order valence-electron chi connectivity index (χ1n) is 9.47. The zero-order valence-electron chi connectivity index (χ0n) is 15.4. The van der Waals surface area contributed by atoms with Crippen LogP contribution in [0.2, 0.25) is 0 Å². The molecule has 0 spiro atoms. The Labute approximate surface area is 162 Å². The Bertz CT molecular complexity index is 1100. The van der Waals surface area contributed by atoms with E-state index in [1.54, 1.807) is 12.1 Å². The van der Waals surface area contributed by atoms with Gasteiger partial charge in [0.05, 0.1) is 23.1 Å². The van der Waals surface area contributed by atoms with Gasteiger partial charge >= 0.3 is 0 Å². The topological polar surface area (TPSA) is 46.8 Å². The molecule has 6 heteroatoms. The number of rotatable bonds is 4. The Balaban J connectivity index is 1.30. The maximum Gasteiger partial charge on any atom is 0.123 e. The lowest BCUT2D eigenvalue weighted by atomic mass is 10.2. The average molecular weight is 373 g/mol. The molecule has 4 aromatic rings. The lowest BCUT2D eigenvalue weighted by Crippen LogP contribution is -2.21. The van der Waals surface area contributed by atoms with E-state index in [0.717, 1.165) is 48.3 Å². The molecular formula is C22H20FN5. The van der Waals surface area contributed by atoms with Gasteiger partial charge in [-0.25, -0.2) is 9.37 Å². The van der Waals surface area contributed by atoms with Gasteiger partial charge in [0, 0.05) is 49.8 Å². The van der Waals surface area contributed by atoms with Gasteiger partial charge in [-0.1, -0.05) is 0 Å². The second kappa shape index (κ2) is 7.13. The van der Waals surface area contributed by atoms with Gasteiger partial charge < -0.3 is 4.57 Å². The molecule has 4 heterocycles. The molecule has 5 nitrogen and oxygen atoms in total. The molecule has 1 atom stereocenters. The summed E-state index contributed by atoms with van der Waals surface area (Å²) in [5.74, 6) is -0.229. The van der Waals surface area contributed by atoms with Crippen LogP contribution in [0.3, 0.4) is 0 Å². The van der Waals surface area contributed by atoms with Crippen LogP contribution in [-0.2, 0) is 6.54 Å². The minimum Gasteiger partial charge on any atom is -0.332 e. The summed E-state index contributed by atoms with van der Waals surface area (Å²) >= 11 is 0. The van der Waals surface area contributed by atoms with E-state index in [0.29, 0.717) is 6.04 Å². The van der Waals surface area contributed by atoms with E-state index in [-0.39, 0.29) is 5.82 Å². The molecule has 0 saturated carbocycles. The van der Waals surface area contributed by atoms with Gasteiger partial charge in [0.2, 0.25) is 0 Å². The Kier molecular flexibility index (Phi) is 4.33. The maximum atomic E-state index is 13.1. The van der Waals surface area contributed by atoms with Crippen LogP contribution < -0.4 is 0 Å². The highest BCUT2D eigenvalue weighted by molar-refractivity contribution is 5.77. The van der Waals surface area contributed by atoms with E-state index >= 15 is 0 Å². The number of aromatic nitrogens is 4. The molecule has 0 radical (unpaired) electrons. The monoisotopic (exact) mass is 373 g/mol. The van der Waals surface area contributed by atoms with Crippen LogP contribution in [0.4, 0.5) is 4.39 Å². The average Bonchev–Trinajstić information content (AvgIpc) is 3.39. The standard InChI is InChI=1S/C22H20FN5/c23-18-5-3-16(4-6-18)21-14-28(15-26-21)19-8-11-27(13-19)12-17-7-10-24-20-2-1-9-25-22(17)20/h1-7,9-10,14-15,19H,8,11-13H2. The number of pyridine rings is 2. The van der Waals surface area contributed by atoms with Crippen LogP contribution in [0, 0.1) is 5.82 Å². The Morgan fingerprint density at radius 3 is 2.79 bits per heavy atom. The lowest BCUT2D eigenvalue weighted by Gasteiger charge is -2.17. The van der Waals surface area contributed by atoms with Crippen molar-refractivity contribution in [2.75, 3.05) is 13.1 Å². The summed E-state index contributed by atoms with van der Waals surface area (Å²) in [6, 6.07) is 12.9. The largest absolute Gasteiger partial charge is 0.332 e. The fraction of sp³-hybridized carbons (Fsp3) is 0.227. The van der Waals surface area contributed by atoms with E-state index in [2.05, 4.69) is 36.7 Å². The predicted molar refractivity (Wildman–Crippen MR) is 106 cm³/mol. The number of fused-ring (bicyclic) bond motifs is 1. The molecule has 0 amide bonds. The molecule has 140 valence electrons. The summed E-state index contributed by atoms with van der Waals surface area (Å²) in [5.41, 5.74) is 4.94. The van der Waals surface area contributed by atoms with Gasteiger partial charge in [-0.3, -0.25) is 14.9 Å². The SMILES string of the molecule is Fc1ccc(-c2cn(C3CCN(Cc4ccnc5cccnc45)C3)cn2)cc1. The molecule has 0 N–H and O–H groups in total. The van der Waals surface area contributed by atoms with Gasteiger partial charge in [0.25, 0.3) is 0 Å². The molecule has 1 aromatic carbocycles. The number of nitrogens with zero attached hydrogens (tertiary/aromatic N) is 5. The second-order valence-electron chi connectivity index (χ2n) is 7.23. The van der Waals surface area contributed by atoms with Crippen molar-refractivity contribution < 1.29 is 4.39 Å². The van der Waals surface area contributed by atoms with Gasteiger partial charge in [0.15, 0.2) is 0 Å². The van der Waals surface area contributed by atoms with Crippen molar-refractivity contribution in [3.05, 3.63) is 78.8 Å². The van der Waals surface area contributed by atoms with E-state index in [4.69, 9.17) is 0 Å². The summed E-state index contributed by atoms with van der Waals surface area (Å²) in [6.45, 7) is 2.87. The van der Waals surface area contributed by atoms with Gasteiger partial charge in [-0.2, -0.15) is 0 Å². The zero-order valence-corrected chi connectivity index (χ0v) is 15.4. The highest BCUT2D eigenvalue weighted by atomic mass is 19.1. The molecule has 1 aliphatic heterocycles. The number of likely N-dealkylation sites (tertiary alicyclic amines) is 1. The fourth-order valence-electron chi connectivity index (χ4n) is 3.91. The van der Waals surface area contributed by atoms with Crippen LogP contribution in [0.1, 0.15) is 18.0 Å². The third-order valence-electron chi connectivity index (χ3n) is 5.38. The highest BCUT2D eigenvalue weighted by Crippen LogP contribution is 2.27. The summed E-state index contributed by atoms with van der Waals surface area (Å²) in [6.07, 6.45) is 8.71. The normalized spacial score (nSPS) is 17.4. The molecule has 28 heavy (non-hydrogen) atoms. The van der Waals surface area contributed by atoms with Crippen LogP contribution >= 0.6 is 0 Å². The minimum absolute atomic E-state index is 0.229. The first kappa shape index (κ1) is 17.0. The number of imidazole rings is 1. The van der Waals surface area contributed by atoms with Crippen LogP contribution in [0.5, 0.6) is 0 Å². The molecule has 1 fully saturated rings. The molecule has 5 rings (SSSR count). The Morgan fingerprint density at radius 1 is 1.00 bits per heavy atom. The van der Waals surface area contributed by atoms with Crippen molar-refractivity contribution >= 4 is 11.0 Å². The summed E-state index contributed by atoms with van der Waals surface area (Å²) in [5, 5.41) is 0. The second-order valence-corrected chi connectivity index (χ2v) is 7.23. The quantitative estimate of drug-likeness (QED) is 0.541. The van der Waals surface area contributed by atoms with Gasteiger partial charge in [0.1, 0.15) is 5.82 Å². The number of benzene rings is 1. The minimum atomic E-state index is -0.229. The van der Waals surface area contributed by atoms with E-state index < -0.39 is 0 Å². The zero-order chi connectivity index (χ0) is 18.9. The number of halogens is 1. The molecule has 1 unspecified atom stereocenters. The van der Waals surface area contributed by atoms with Crippen molar-refractivity contribution in [2.45, 2.75) is 19.0 Å². The van der Waals surface area contributed by atoms with Crippen molar-refractivity contribution in [3.8, 4) is 11.3 Å². The Morgan fingerprint density at radius 2 is 1.89 bits per heavy atom. The van der Waals surface area contributed by atoms with Crippen LogP contribution in [-0.4, -0.2) is 37.5 Å². The van der Waals surface area contributed by atoms with Crippen LogP contribution in [0.25, 0.3) is 22.3 Å². The number of hydrogen-bond acceptors (Lipinski definition) is 4. The molecule has 1 aliphatic rings. The van der Waals surface area contributed by atoms with Crippen molar-refractivity contribution in [1.82, 2.24) is 24.4 Å². The molecule has 1 saturated heterocycles. The first-order valence-corrected chi connectivity index (χ1v) is 9.47. The lowest BCUT2D eigenvalue weighted by molar-refractivity contribution is 0.317. The molecule has 0 bridgehead atoms. The van der Waals surface area contributed by atoms with Crippen molar-refractivity contribution in [3.63, 3.8) is 0 Å². The predicted octanol–water partition coefficient (Wildman–Crippen LogP) is 4.08. The maximum absolute atomic E-state index is 13.1. The summed E-state index contributed by atoms with van der Waals surface area (Å²) in [7, 11) is 0. The van der Waals surface area contributed by atoms with Crippen LogP contribution in [0.15, 0.2) is 67.4 Å². The smallest absolute Gasteiger partial charge is 0.123 e. The van der Waals surface area contributed by atoms with Crippen molar-refractivity contribution in [2.24, 2.45) is 0 Å². The Hall–Kier alpha value is -3.12. The van der Waals surface area contributed by atoms with E-state index in [9.17, 15) is 4.39 Å². The van der Waals surface area contributed by atoms with Crippen molar-refractivity contribution in [1.29, 1.82) is 0 Å². The van der Waals surface area contributed by atoms with Gasteiger partial charge in [-0.15, -0.1) is 0 Å². The summed E-state index contributed by atoms with van der Waals surface area (Å²) < 4.78 is 15.3. The summed E-state index contributed by atoms with van der Waals surface area (Å²) in [4.78, 5) is 15.9. The number of hydrogen-bond donors (Lipinski definition) is 0. The molecule has 3 aromatic heterocycles. The third kappa shape index (κ3) is 3.27. The molecule has 0 aliphatic carbocycles. The van der Waals surface area contributed by atoms with E-state index in [1.807, 2.05) is 30.9 Å². The highest BCUT2D eigenvalue weighted by Gasteiger charge is 2.24. The van der Waals surface area contributed by atoms with Gasteiger partial charge in [-0.05, 0) is 54.4 Å². The van der Waals surface area contributed by atoms with E-state index in [1.165, 1.54) is 17.7 Å². The fourth-order valence-corrected chi connectivity index (χ4v) is 3.91. The molecular weight excluding hydrogens is 353 g/mol. The first-order chi connectivity index (χ1) is 13.8.